The van der Waals surface area contributed by atoms with Gasteiger partial charge in [0, 0.05) is 32.2 Å². The summed E-state index contributed by atoms with van der Waals surface area (Å²) in [7, 11) is -3.27. The molecule has 0 radical (unpaired) electrons. The van der Waals surface area contributed by atoms with E-state index in [2.05, 4.69) is 5.32 Å². The number of likely N-dealkylation sites (N-methyl/N-ethyl adjacent to an activating group) is 1. The van der Waals surface area contributed by atoms with E-state index < -0.39 is 10.2 Å². The lowest BCUT2D eigenvalue weighted by atomic mass is 10.2. The van der Waals surface area contributed by atoms with E-state index in [0.717, 1.165) is 19.4 Å². The Morgan fingerprint density at radius 3 is 2.12 bits per heavy atom. The Kier molecular flexibility index (Phi) is 5.85. The summed E-state index contributed by atoms with van der Waals surface area (Å²) in [6, 6.07) is 0.320. The van der Waals surface area contributed by atoms with Crippen molar-refractivity contribution in [2.75, 3.05) is 32.7 Å². The molecule has 6 heteroatoms. The van der Waals surface area contributed by atoms with E-state index in [1.165, 1.54) is 4.31 Å². The van der Waals surface area contributed by atoms with Crippen LogP contribution < -0.4 is 5.32 Å². The van der Waals surface area contributed by atoms with Gasteiger partial charge in [0.05, 0.1) is 0 Å². The minimum atomic E-state index is -3.27. The van der Waals surface area contributed by atoms with Crippen molar-refractivity contribution in [2.24, 2.45) is 0 Å². The standard InChI is InChI=1S/C11H25N3O2S/c1-4-13(5-2)17(15,16)14(6-3)10-11-8-7-9-12-11/h11-12H,4-10H2,1-3H3. The summed E-state index contributed by atoms with van der Waals surface area (Å²) in [6.07, 6.45) is 2.22. The van der Waals surface area contributed by atoms with Crippen LogP contribution in [0.2, 0.25) is 0 Å². The van der Waals surface area contributed by atoms with E-state index >= 15 is 0 Å². The van der Waals surface area contributed by atoms with Crippen LogP contribution in [-0.2, 0) is 10.2 Å². The van der Waals surface area contributed by atoms with Gasteiger partial charge in [-0.15, -0.1) is 0 Å². The van der Waals surface area contributed by atoms with E-state index in [0.29, 0.717) is 32.2 Å². The molecule has 0 bridgehead atoms. The summed E-state index contributed by atoms with van der Waals surface area (Å²) in [5.74, 6) is 0. The topological polar surface area (TPSA) is 52.7 Å². The van der Waals surface area contributed by atoms with Crippen molar-refractivity contribution in [1.29, 1.82) is 0 Å². The first-order chi connectivity index (χ1) is 8.06. The van der Waals surface area contributed by atoms with Gasteiger partial charge in [0.1, 0.15) is 0 Å². The molecule has 0 amide bonds. The fraction of sp³-hybridized carbons (Fsp3) is 1.00. The van der Waals surface area contributed by atoms with Gasteiger partial charge in [-0.25, -0.2) is 0 Å². The highest BCUT2D eigenvalue weighted by molar-refractivity contribution is 7.86. The zero-order valence-electron chi connectivity index (χ0n) is 11.1. The summed E-state index contributed by atoms with van der Waals surface area (Å²) >= 11 is 0. The van der Waals surface area contributed by atoms with Crippen LogP contribution in [0.4, 0.5) is 0 Å². The van der Waals surface area contributed by atoms with Crippen molar-refractivity contribution in [3.05, 3.63) is 0 Å². The van der Waals surface area contributed by atoms with Gasteiger partial charge in [-0.05, 0) is 19.4 Å². The molecular formula is C11H25N3O2S. The maximum absolute atomic E-state index is 12.3. The van der Waals surface area contributed by atoms with Gasteiger partial charge in [0.2, 0.25) is 0 Å². The third-order valence-electron chi connectivity index (χ3n) is 3.30. The molecule has 0 aliphatic carbocycles. The summed E-state index contributed by atoms with van der Waals surface area (Å²) < 4.78 is 27.8. The highest BCUT2D eigenvalue weighted by Crippen LogP contribution is 2.12. The van der Waals surface area contributed by atoms with Crippen molar-refractivity contribution in [3.63, 3.8) is 0 Å². The third kappa shape index (κ3) is 3.64. The highest BCUT2D eigenvalue weighted by atomic mass is 32.2. The molecule has 1 rings (SSSR count). The minimum Gasteiger partial charge on any atom is -0.313 e. The van der Waals surface area contributed by atoms with Crippen molar-refractivity contribution in [2.45, 2.75) is 39.7 Å². The summed E-state index contributed by atoms with van der Waals surface area (Å²) in [5, 5.41) is 3.34. The number of rotatable bonds is 7. The molecule has 0 aromatic carbocycles. The quantitative estimate of drug-likeness (QED) is 0.733. The molecule has 0 spiro atoms. The van der Waals surface area contributed by atoms with Gasteiger partial charge >= 0.3 is 0 Å². The Morgan fingerprint density at radius 2 is 1.71 bits per heavy atom. The van der Waals surface area contributed by atoms with Crippen LogP contribution in [0.3, 0.4) is 0 Å². The van der Waals surface area contributed by atoms with Crippen LogP contribution in [0.25, 0.3) is 0 Å². The second-order valence-corrected chi connectivity index (χ2v) is 6.26. The predicted molar refractivity (Wildman–Crippen MR) is 70.1 cm³/mol. The van der Waals surface area contributed by atoms with E-state index in [9.17, 15) is 8.42 Å². The van der Waals surface area contributed by atoms with Crippen LogP contribution in [-0.4, -0.2) is 55.8 Å². The second-order valence-electron chi connectivity index (χ2n) is 4.34. The molecule has 1 aliphatic rings. The molecule has 0 saturated carbocycles. The van der Waals surface area contributed by atoms with Crippen molar-refractivity contribution >= 4 is 10.2 Å². The lowest BCUT2D eigenvalue weighted by Crippen LogP contribution is -2.48. The van der Waals surface area contributed by atoms with Crippen LogP contribution in [0.5, 0.6) is 0 Å². The van der Waals surface area contributed by atoms with Gasteiger partial charge in [-0.3, -0.25) is 0 Å². The lowest BCUT2D eigenvalue weighted by molar-refractivity contribution is 0.335. The Balaban J connectivity index is 2.70. The first-order valence-electron chi connectivity index (χ1n) is 6.54. The average molecular weight is 263 g/mol. The van der Waals surface area contributed by atoms with Gasteiger partial charge in [0.15, 0.2) is 0 Å². The summed E-state index contributed by atoms with van der Waals surface area (Å²) in [4.78, 5) is 0. The third-order valence-corrected chi connectivity index (χ3v) is 5.53. The van der Waals surface area contributed by atoms with Crippen molar-refractivity contribution in [3.8, 4) is 0 Å². The molecule has 1 saturated heterocycles. The van der Waals surface area contributed by atoms with Crippen LogP contribution >= 0.6 is 0 Å². The highest BCUT2D eigenvalue weighted by Gasteiger charge is 2.29. The molecule has 17 heavy (non-hydrogen) atoms. The van der Waals surface area contributed by atoms with Gasteiger partial charge in [-0.1, -0.05) is 20.8 Å². The number of hydrogen-bond donors (Lipinski definition) is 1. The molecule has 1 heterocycles. The van der Waals surface area contributed by atoms with Crippen LogP contribution in [0, 0.1) is 0 Å². The Labute approximate surface area is 105 Å². The first kappa shape index (κ1) is 14.9. The average Bonchev–Trinajstić information content (AvgIpc) is 2.79. The SMILES string of the molecule is CCN(CC)S(=O)(=O)N(CC)CC1CCCN1. The Morgan fingerprint density at radius 1 is 1.12 bits per heavy atom. The molecule has 0 aromatic rings. The molecule has 1 fully saturated rings. The lowest BCUT2D eigenvalue weighted by Gasteiger charge is -2.29. The molecule has 1 atom stereocenters. The zero-order valence-corrected chi connectivity index (χ0v) is 12.0. The smallest absolute Gasteiger partial charge is 0.281 e. The zero-order chi connectivity index (χ0) is 12.9. The van der Waals surface area contributed by atoms with Crippen molar-refractivity contribution < 1.29 is 8.42 Å². The number of nitrogens with zero attached hydrogens (tertiary/aromatic N) is 2. The van der Waals surface area contributed by atoms with E-state index in [1.807, 2.05) is 20.8 Å². The Bertz CT molecular complexity index is 309. The Hall–Kier alpha value is -0.170. The first-order valence-corrected chi connectivity index (χ1v) is 7.94. The molecule has 102 valence electrons. The molecule has 1 aliphatic heterocycles. The van der Waals surface area contributed by atoms with Crippen LogP contribution in [0.1, 0.15) is 33.6 Å². The minimum absolute atomic E-state index is 0.320. The number of nitrogens with one attached hydrogen (secondary N) is 1. The maximum Gasteiger partial charge on any atom is 0.281 e. The van der Waals surface area contributed by atoms with E-state index in [1.54, 1.807) is 4.31 Å². The normalized spacial score (nSPS) is 21.6. The summed E-state index contributed by atoms with van der Waals surface area (Å²) in [6.45, 7) is 8.86. The van der Waals surface area contributed by atoms with E-state index in [4.69, 9.17) is 0 Å². The van der Waals surface area contributed by atoms with Gasteiger partial charge < -0.3 is 5.32 Å². The monoisotopic (exact) mass is 263 g/mol. The maximum atomic E-state index is 12.3. The molecule has 5 nitrogen and oxygen atoms in total. The molecule has 1 unspecified atom stereocenters. The second kappa shape index (κ2) is 6.68. The van der Waals surface area contributed by atoms with Crippen LogP contribution in [0.15, 0.2) is 0 Å². The van der Waals surface area contributed by atoms with Gasteiger partial charge in [0.25, 0.3) is 10.2 Å². The van der Waals surface area contributed by atoms with Gasteiger partial charge in [-0.2, -0.15) is 17.0 Å². The fourth-order valence-corrected chi connectivity index (χ4v) is 3.93. The van der Waals surface area contributed by atoms with E-state index in [-0.39, 0.29) is 0 Å². The molecule has 0 aromatic heterocycles. The number of hydrogen-bond acceptors (Lipinski definition) is 3. The summed E-state index contributed by atoms with van der Waals surface area (Å²) in [5.41, 5.74) is 0. The molecular weight excluding hydrogens is 238 g/mol. The predicted octanol–water partition coefficient (Wildman–Crippen LogP) is 0.647. The largest absolute Gasteiger partial charge is 0.313 e. The fourth-order valence-electron chi connectivity index (χ4n) is 2.26. The van der Waals surface area contributed by atoms with Crippen molar-refractivity contribution in [1.82, 2.24) is 13.9 Å². The molecule has 1 N–H and O–H groups in total.